The van der Waals surface area contributed by atoms with Gasteiger partial charge in [0, 0.05) is 18.0 Å². The van der Waals surface area contributed by atoms with Gasteiger partial charge in [-0.25, -0.2) is 0 Å². The maximum Gasteiger partial charge on any atom is 0.263 e. The summed E-state index contributed by atoms with van der Waals surface area (Å²) in [5, 5.41) is 7.17. The lowest BCUT2D eigenvalue weighted by Crippen LogP contribution is -2.29. The molecule has 0 spiro atoms. The first-order chi connectivity index (χ1) is 10.7. The number of carbonyl (C=O) groups excluding carboxylic acids is 1. The van der Waals surface area contributed by atoms with Crippen LogP contribution in [0.4, 0.5) is 5.95 Å². The zero-order chi connectivity index (χ0) is 15.4. The Morgan fingerprint density at radius 3 is 2.64 bits per heavy atom. The lowest BCUT2D eigenvalue weighted by molar-refractivity contribution is -0.122. The van der Waals surface area contributed by atoms with Crippen molar-refractivity contribution in [1.29, 1.82) is 0 Å². The summed E-state index contributed by atoms with van der Waals surface area (Å²) < 4.78 is 5.25. The lowest BCUT2D eigenvalue weighted by atomic mass is 9.82. The Hall–Kier alpha value is -2.37. The van der Waals surface area contributed by atoms with Crippen LogP contribution in [0.2, 0.25) is 0 Å². The summed E-state index contributed by atoms with van der Waals surface area (Å²) in [4.78, 5) is 15.5. The fraction of sp³-hybridized carbons (Fsp3) is 0.438. The Morgan fingerprint density at radius 2 is 1.95 bits per heavy atom. The van der Waals surface area contributed by atoms with Crippen LogP contribution in [0, 0.1) is 11.8 Å². The Labute approximate surface area is 129 Å². The van der Waals surface area contributed by atoms with Gasteiger partial charge in [0.1, 0.15) is 0 Å². The van der Waals surface area contributed by atoms with E-state index in [1.54, 1.807) is 0 Å². The standard InChI is InChI=1S/C16H20N4O2/c17-14(21)12-8-6-11(7-9-12)10-18-16-19-15(22-20-16)13-4-2-1-3-5-13/h1-5,11-12H,6-10H2,(H2,17,21)(H,18,20). The van der Waals surface area contributed by atoms with Crippen LogP contribution in [0.15, 0.2) is 34.9 Å². The third-order valence-corrected chi connectivity index (χ3v) is 4.24. The van der Waals surface area contributed by atoms with Gasteiger partial charge in [0.25, 0.3) is 11.8 Å². The summed E-state index contributed by atoms with van der Waals surface area (Å²) in [6.07, 6.45) is 3.76. The molecule has 1 aliphatic rings. The largest absolute Gasteiger partial charge is 0.369 e. The summed E-state index contributed by atoms with van der Waals surface area (Å²) in [5.41, 5.74) is 6.26. The molecular weight excluding hydrogens is 280 g/mol. The molecule has 22 heavy (non-hydrogen) atoms. The number of nitrogens with zero attached hydrogens (tertiary/aromatic N) is 2. The molecule has 0 aliphatic heterocycles. The van der Waals surface area contributed by atoms with Gasteiger partial charge in [0.05, 0.1) is 0 Å². The summed E-state index contributed by atoms with van der Waals surface area (Å²) in [7, 11) is 0. The maximum absolute atomic E-state index is 11.2. The van der Waals surface area contributed by atoms with Gasteiger partial charge in [0.15, 0.2) is 0 Å². The van der Waals surface area contributed by atoms with E-state index in [2.05, 4.69) is 15.5 Å². The van der Waals surface area contributed by atoms with Crippen molar-refractivity contribution in [3.05, 3.63) is 30.3 Å². The number of carbonyl (C=O) groups is 1. The lowest BCUT2D eigenvalue weighted by Gasteiger charge is -2.26. The maximum atomic E-state index is 11.2. The van der Waals surface area contributed by atoms with Gasteiger partial charge in [-0.15, -0.1) is 0 Å². The van der Waals surface area contributed by atoms with Crippen LogP contribution >= 0.6 is 0 Å². The zero-order valence-electron chi connectivity index (χ0n) is 12.4. The highest BCUT2D eigenvalue weighted by molar-refractivity contribution is 5.76. The van der Waals surface area contributed by atoms with Gasteiger partial charge in [-0.05, 0) is 48.9 Å². The van der Waals surface area contributed by atoms with E-state index in [-0.39, 0.29) is 11.8 Å². The first-order valence-corrected chi connectivity index (χ1v) is 7.64. The third kappa shape index (κ3) is 3.44. The minimum absolute atomic E-state index is 0.0473. The number of rotatable bonds is 5. The number of hydrogen-bond donors (Lipinski definition) is 2. The predicted molar refractivity (Wildman–Crippen MR) is 82.9 cm³/mol. The van der Waals surface area contributed by atoms with Crippen LogP contribution in [0.25, 0.3) is 11.5 Å². The van der Waals surface area contributed by atoms with Crippen LogP contribution in [-0.2, 0) is 4.79 Å². The normalized spacial score (nSPS) is 21.5. The molecular formula is C16H20N4O2. The summed E-state index contributed by atoms with van der Waals surface area (Å²) in [5.74, 6) is 1.42. The van der Waals surface area contributed by atoms with E-state index in [0.29, 0.717) is 17.8 Å². The minimum Gasteiger partial charge on any atom is -0.369 e. The summed E-state index contributed by atoms with van der Waals surface area (Å²) in [6, 6.07) is 9.68. The van der Waals surface area contributed by atoms with Gasteiger partial charge in [-0.1, -0.05) is 18.2 Å². The number of anilines is 1. The molecule has 3 N–H and O–H groups in total. The van der Waals surface area contributed by atoms with Crippen molar-refractivity contribution < 1.29 is 9.32 Å². The molecule has 1 aliphatic carbocycles. The second-order valence-corrected chi connectivity index (χ2v) is 5.79. The topological polar surface area (TPSA) is 94.0 Å². The highest BCUT2D eigenvalue weighted by Crippen LogP contribution is 2.28. The van der Waals surface area contributed by atoms with Crippen LogP contribution < -0.4 is 11.1 Å². The van der Waals surface area contributed by atoms with E-state index in [1.165, 1.54) is 0 Å². The Bertz CT molecular complexity index is 618. The second kappa shape index (κ2) is 6.60. The molecule has 0 bridgehead atoms. The van der Waals surface area contributed by atoms with Crippen molar-refractivity contribution >= 4 is 11.9 Å². The van der Waals surface area contributed by atoms with Gasteiger partial charge in [-0.2, -0.15) is 4.98 Å². The van der Waals surface area contributed by atoms with Crippen molar-refractivity contribution in [2.75, 3.05) is 11.9 Å². The predicted octanol–water partition coefficient (Wildman–Crippen LogP) is 2.44. The SMILES string of the molecule is NC(=O)C1CCC(CNc2noc(-c3ccccc3)n2)CC1. The molecule has 6 nitrogen and oxygen atoms in total. The highest BCUT2D eigenvalue weighted by atomic mass is 16.5. The minimum atomic E-state index is -0.169. The van der Waals surface area contributed by atoms with Crippen LogP contribution in [-0.4, -0.2) is 22.6 Å². The molecule has 6 heteroatoms. The number of benzene rings is 1. The molecule has 0 saturated heterocycles. The fourth-order valence-corrected chi connectivity index (χ4v) is 2.88. The molecule has 2 aromatic rings. The monoisotopic (exact) mass is 300 g/mol. The number of primary amides is 1. The number of hydrogen-bond acceptors (Lipinski definition) is 5. The number of amides is 1. The number of aromatic nitrogens is 2. The van der Waals surface area contributed by atoms with E-state index in [1.807, 2.05) is 30.3 Å². The van der Waals surface area contributed by atoms with E-state index in [9.17, 15) is 4.79 Å². The quantitative estimate of drug-likeness (QED) is 0.884. The Morgan fingerprint density at radius 1 is 1.23 bits per heavy atom. The van der Waals surface area contributed by atoms with E-state index in [4.69, 9.17) is 10.3 Å². The first-order valence-electron chi connectivity index (χ1n) is 7.64. The highest BCUT2D eigenvalue weighted by Gasteiger charge is 2.24. The van der Waals surface area contributed by atoms with Crippen molar-refractivity contribution in [1.82, 2.24) is 10.1 Å². The second-order valence-electron chi connectivity index (χ2n) is 5.79. The van der Waals surface area contributed by atoms with E-state index in [0.717, 1.165) is 37.8 Å². The number of nitrogens with one attached hydrogen (secondary N) is 1. The molecule has 3 rings (SSSR count). The van der Waals surface area contributed by atoms with Crippen LogP contribution in [0.1, 0.15) is 25.7 Å². The van der Waals surface area contributed by atoms with E-state index >= 15 is 0 Å². The molecule has 1 heterocycles. The fourth-order valence-electron chi connectivity index (χ4n) is 2.88. The molecule has 0 unspecified atom stereocenters. The van der Waals surface area contributed by atoms with Crippen LogP contribution in [0.5, 0.6) is 0 Å². The van der Waals surface area contributed by atoms with Crippen molar-refractivity contribution in [2.45, 2.75) is 25.7 Å². The van der Waals surface area contributed by atoms with E-state index < -0.39 is 0 Å². The zero-order valence-corrected chi connectivity index (χ0v) is 12.4. The number of nitrogens with two attached hydrogens (primary N) is 1. The molecule has 1 aromatic heterocycles. The Kier molecular flexibility index (Phi) is 4.37. The smallest absolute Gasteiger partial charge is 0.263 e. The van der Waals surface area contributed by atoms with Gasteiger partial charge in [-0.3, -0.25) is 4.79 Å². The van der Waals surface area contributed by atoms with Crippen molar-refractivity contribution in [3.63, 3.8) is 0 Å². The molecule has 0 atom stereocenters. The van der Waals surface area contributed by atoms with Crippen LogP contribution in [0.3, 0.4) is 0 Å². The van der Waals surface area contributed by atoms with Gasteiger partial charge < -0.3 is 15.6 Å². The Balaban J connectivity index is 1.51. The summed E-state index contributed by atoms with van der Waals surface area (Å²) in [6.45, 7) is 0.791. The molecule has 1 amide bonds. The third-order valence-electron chi connectivity index (χ3n) is 4.24. The summed E-state index contributed by atoms with van der Waals surface area (Å²) >= 11 is 0. The van der Waals surface area contributed by atoms with Crippen molar-refractivity contribution in [2.24, 2.45) is 17.6 Å². The van der Waals surface area contributed by atoms with Gasteiger partial charge in [0.2, 0.25) is 5.91 Å². The van der Waals surface area contributed by atoms with Crippen molar-refractivity contribution in [3.8, 4) is 11.5 Å². The molecule has 1 aromatic carbocycles. The first kappa shape index (κ1) is 14.6. The molecule has 116 valence electrons. The molecule has 1 saturated carbocycles. The molecule has 0 radical (unpaired) electrons. The average molecular weight is 300 g/mol. The molecule has 1 fully saturated rings. The average Bonchev–Trinajstić information content (AvgIpc) is 3.03. The van der Waals surface area contributed by atoms with Gasteiger partial charge >= 0.3 is 0 Å².